The fraction of sp³-hybridized carbons (Fsp3) is 0.727. The third-order valence-corrected chi connectivity index (χ3v) is 3.74. The van der Waals surface area contributed by atoms with Gasteiger partial charge in [0.1, 0.15) is 0 Å². The molecular weight excluding hydrogens is 248 g/mol. The van der Waals surface area contributed by atoms with E-state index in [2.05, 4.69) is 27.0 Å². The molecule has 100 valence electrons. The van der Waals surface area contributed by atoms with Gasteiger partial charge in [0.15, 0.2) is 0 Å². The van der Waals surface area contributed by atoms with Crippen LogP contribution >= 0.6 is 12.2 Å². The zero-order valence-electron chi connectivity index (χ0n) is 10.9. The van der Waals surface area contributed by atoms with E-state index in [1.807, 2.05) is 13.2 Å². The summed E-state index contributed by atoms with van der Waals surface area (Å²) in [4.78, 5) is 5.29. The summed E-state index contributed by atoms with van der Waals surface area (Å²) in [6, 6.07) is 0.193. The Morgan fingerprint density at radius 3 is 2.61 bits per heavy atom. The molecule has 0 radical (unpaired) electrons. The Kier molecular flexibility index (Phi) is 4.26. The third kappa shape index (κ3) is 3.24. The highest BCUT2D eigenvalue weighted by molar-refractivity contribution is 7.80. The number of hydrogen-bond donors (Lipinski definition) is 1. The second kappa shape index (κ2) is 5.73. The molecule has 2 rings (SSSR count). The maximum Gasteiger partial charge on any atom is 0.0967 e. The van der Waals surface area contributed by atoms with Gasteiger partial charge in [0.25, 0.3) is 0 Å². The predicted octanol–water partition coefficient (Wildman–Crippen LogP) is -0.393. The summed E-state index contributed by atoms with van der Waals surface area (Å²) in [7, 11) is 1.89. The zero-order chi connectivity index (χ0) is 13.1. The number of nitrogens with two attached hydrogens (primary N) is 1. The maximum absolute atomic E-state index is 5.68. The summed E-state index contributed by atoms with van der Waals surface area (Å²) in [5, 5.41) is 8.05. The fourth-order valence-electron chi connectivity index (χ4n) is 2.19. The van der Waals surface area contributed by atoms with Crippen molar-refractivity contribution in [1.82, 2.24) is 24.8 Å². The Morgan fingerprint density at radius 1 is 1.44 bits per heavy atom. The number of nitrogens with zero attached hydrogens (tertiary/aromatic N) is 5. The van der Waals surface area contributed by atoms with Crippen LogP contribution in [0.4, 0.5) is 0 Å². The highest BCUT2D eigenvalue weighted by Crippen LogP contribution is 2.09. The van der Waals surface area contributed by atoms with Crippen molar-refractivity contribution in [3.05, 3.63) is 11.9 Å². The molecule has 1 atom stereocenters. The van der Waals surface area contributed by atoms with E-state index >= 15 is 0 Å². The lowest BCUT2D eigenvalue weighted by Crippen LogP contribution is -2.52. The molecule has 0 spiro atoms. The summed E-state index contributed by atoms with van der Waals surface area (Å²) in [5.74, 6) is 0. The standard InChI is InChI=1S/C11H20N6S/c1-9(11(12)18)17-5-3-16(4-6-17)8-10-7-15(2)14-13-10/h7,9H,3-6,8H2,1-2H3,(H2,12,18). The summed E-state index contributed by atoms with van der Waals surface area (Å²) in [6.07, 6.45) is 1.96. The number of rotatable bonds is 4. The molecular formula is C11H20N6S. The minimum Gasteiger partial charge on any atom is -0.392 e. The van der Waals surface area contributed by atoms with Gasteiger partial charge >= 0.3 is 0 Å². The Labute approximate surface area is 113 Å². The maximum atomic E-state index is 5.68. The van der Waals surface area contributed by atoms with E-state index in [-0.39, 0.29) is 6.04 Å². The van der Waals surface area contributed by atoms with Gasteiger partial charge in [0, 0.05) is 46.0 Å². The molecule has 18 heavy (non-hydrogen) atoms. The van der Waals surface area contributed by atoms with Crippen LogP contribution in [0.15, 0.2) is 6.20 Å². The first-order valence-corrected chi connectivity index (χ1v) is 6.58. The number of aromatic nitrogens is 3. The van der Waals surface area contributed by atoms with Gasteiger partial charge in [-0.3, -0.25) is 14.5 Å². The van der Waals surface area contributed by atoms with Gasteiger partial charge in [-0.15, -0.1) is 5.10 Å². The smallest absolute Gasteiger partial charge is 0.0967 e. The van der Waals surface area contributed by atoms with Gasteiger partial charge in [0.2, 0.25) is 0 Å². The summed E-state index contributed by atoms with van der Waals surface area (Å²) in [5.41, 5.74) is 6.70. The number of thiocarbonyl (C=S) groups is 1. The minimum absolute atomic E-state index is 0.193. The molecule has 1 aromatic heterocycles. The lowest BCUT2D eigenvalue weighted by Gasteiger charge is -2.37. The Morgan fingerprint density at radius 2 is 2.11 bits per heavy atom. The normalized spacial score (nSPS) is 19.9. The summed E-state index contributed by atoms with van der Waals surface area (Å²) >= 11 is 5.04. The van der Waals surface area contributed by atoms with Crippen molar-refractivity contribution in [2.75, 3.05) is 26.2 Å². The van der Waals surface area contributed by atoms with E-state index in [0.29, 0.717) is 4.99 Å². The first kappa shape index (κ1) is 13.4. The molecule has 2 heterocycles. The quantitative estimate of drug-likeness (QED) is 0.750. The number of hydrogen-bond acceptors (Lipinski definition) is 5. The second-order valence-corrected chi connectivity index (χ2v) is 5.25. The van der Waals surface area contributed by atoms with Crippen LogP contribution in [0.1, 0.15) is 12.6 Å². The van der Waals surface area contributed by atoms with Crippen molar-refractivity contribution >= 4 is 17.2 Å². The van der Waals surface area contributed by atoms with Crippen LogP contribution in [0.3, 0.4) is 0 Å². The van der Waals surface area contributed by atoms with E-state index in [9.17, 15) is 0 Å². The molecule has 1 aliphatic rings. The first-order valence-electron chi connectivity index (χ1n) is 6.17. The largest absolute Gasteiger partial charge is 0.392 e. The average molecular weight is 268 g/mol. The lowest BCUT2D eigenvalue weighted by atomic mass is 10.2. The molecule has 1 aromatic rings. The molecule has 2 N–H and O–H groups in total. The van der Waals surface area contributed by atoms with E-state index in [1.165, 1.54) is 0 Å². The molecule has 1 saturated heterocycles. The first-order chi connectivity index (χ1) is 8.56. The molecule has 6 nitrogen and oxygen atoms in total. The topological polar surface area (TPSA) is 63.2 Å². The molecule has 1 unspecified atom stereocenters. The van der Waals surface area contributed by atoms with Crippen molar-refractivity contribution in [1.29, 1.82) is 0 Å². The fourth-order valence-corrected chi connectivity index (χ4v) is 2.33. The van der Waals surface area contributed by atoms with E-state index < -0.39 is 0 Å². The van der Waals surface area contributed by atoms with Crippen molar-refractivity contribution in [3.8, 4) is 0 Å². The zero-order valence-corrected chi connectivity index (χ0v) is 11.7. The predicted molar refractivity (Wildman–Crippen MR) is 74.1 cm³/mol. The van der Waals surface area contributed by atoms with Gasteiger partial charge in [0.05, 0.1) is 16.7 Å². The number of piperazine rings is 1. The minimum atomic E-state index is 0.193. The lowest BCUT2D eigenvalue weighted by molar-refractivity contribution is 0.117. The Hall–Kier alpha value is -1.05. The summed E-state index contributed by atoms with van der Waals surface area (Å²) < 4.78 is 1.74. The van der Waals surface area contributed by atoms with Gasteiger partial charge < -0.3 is 5.73 Å². The highest BCUT2D eigenvalue weighted by Gasteiger charge is 2.22. The molecule has 1 aliphatic heterocycles. The van der Waals surface area contributed by atoms with Crippen LogP contribution in [0.5, 0.6) is 0 Å². The second-order valence-electron chi connectivity index (χ2n) is 4.77. The molecule has 0 aromatic carbocycles. The van der Waals surface area contributed by atoms with E-state index in [1.54, 1.807) is 4.68 Å². The molecule has 0 bridgehead atoms. The van der Waals surface area contributed by atoms with Crippen molar-refractivity contribution in [3.63, 3.8) is 0 Å². The van der Waals surface area contributed by atoms with Crippen molar-refractivity contribution in [2.24, 2.45) is 12.8 Å². The van der Waals surface area contributed by atoms with Crippen LogP contribution in [-0.4, -0.2) is 62.0 Å². The van der Waals surface area contributed by atoms with Crippen LogP contribution < -0.4 is 5.73 Å². The summed E-state index contributed by atoms with van der Waals surface area (Å²) in [6.45, 7) is 6.97. The van der Waals surface area contributed by atoms with Crippen LogP contribution in [0.25, 0.3) is 0 Å². The van der Waals surface area contributed by atoms with Gasteiger partial charge in [-0.25, -0.2) is 0 Å². The van der Waals surface area contributed by atoms with Crippen LogP contribution in [0, 0.1) is 0 Å². The van der Waals surface area contributed by atoms with Gasteiger partial charge in [-0.1, -0.05) is 17.4 Å². The monoisotopic (exact) mass is 268 g/mol. The molecule has 0 saturated carbocycles. The van der Waals surface area contributed by atoms with Crippen molar-refractivity contribution < 1.29 is 0 Å². The SMILES string of the molecule is CC(C(N)=S)N1CCN(Cc2cn(C)nn2)CC1. The Balaban J connectivity index is 1.81. The van der Waals surface area contributed by atoms with Gasteiger partial charge in [-0.05, 0) is 6.92 Å². The molecule has 0 amide bonds. The van der Waals surface area contributed by atoms with Crippen molar-refractivity contribution in [2.45, 2.75) is 19.5 Å². The van der Waals surface area contributed by atoms with E-state index in [4.69, 9.17) is 18.0 Å². The molecule has 0 aliphatic carbocycles. The van der Waals surface area contributed by atoms with E-state index in [0.717, 1.165) is 38.4 Å². The third-order valence-electron chi connectivity index (χ3n) is 3.40. The van der Waals surface area contributed by atoms with Crippen LogP contribution in [0.2, 0.25) is 0 Å². The highest BCUT2D eigenvalue weighted by atomic mass is 32.1. The molecule has 7 heteroatoms. The number of aryl methyl sites for hydroxylation is 1. The van der Waals surface area contributed by atoms with Gasteiger partial charge in [-0.2, -0.15) is 0 Å². The Bertz CT molecular complexity index is 409. The van der Waals surface area contributed by atoms with Crippen LogP contribution in [-0.2, 0) is 13.6 Å². The average Bonchev–Trinajstić information content (AvgIpc) is 2.75. The molecule has 1 fully saturated rings.